The summed E-state index contributed by atoms with van der Waals surface area (Å²) in [4.78, 5) is 10.7. The van der Waals surface area contributed by atoms with E-state index in [9.17, 15) is 4.79 Å². The van der Waals surface area contributed by atoms with Crippen LogP contribution in [0.5, 0.6) is 0 Å². The Kier molecular flexibility index (Phi) is 5.27. The number of aromatic nitrogens is 2. The fourth-order valence-corrected chi connectivity index (χ4v) is 4.17. The van der Waals surface area contributed by atoms with Gasteiger partial charge in [0, 0.05) is 17.5 Å². The Bertz CT molecular complexity index is 950. The van der Waals surface area contributed by atoms with Crippen LogP contribution in [0.2, 0.25) is 0 Å². The van der Waals surface area contributed by atoms with E-state index in [1.54, 1.807) is 11.3 Å². The first-order chi connectivity index (χ1) is 13.2. The largest absolute Gasteiger partial charge is 0.481 e. The van der Waals surface area contributed by atoms with Gasteiger partial charge in [-0.25, -0.2) is 0 Å². The Morgan fingerprint density at radius 1 is 0.963 bits per heavy atom. The van der Waals surface area contributed by atoms with Gasteiger partial charge in [-0.15, -0.1) is 10.2 Å². The standard InChI is InChI=1S/C21H21N3O2S/c25-19(26)8-3-14-1-4-16(5-2-14)20-23-24-21(27-20)18-7-6-15-9-11-22-12-10-17(15)13-18/h1-2,4-7,13,22H,3,8-12H2,(H,25,26). The van der Waals surface area contributed by atoms with Crippen LogP contribution in [0.15, 0.2) is 42.5 Å². The predicted molar refractivity (Wildman–Crippen MR) is 107 cm³/mol. The molecule has 2 N–H and O–H groups in total. The zero-order valence-corrected chi connectivity index (χ0v) is 15.8. The Morgan fingerprint density at radius 3 is 2.37 bits per heavy atom. The fraction of sp³-hybridized carbons (Fsp3) is 0.286. The molecule has 0 aliphatic carbocycles. The van der Waals surface area contributed by atoms with Gasteiger partial charge in [-0.1, -0.05) is 47.7 Å². The summed E-state index contributed by atoms with van der Waals surface area (Å²) >= 11 is 1.59. The second-order valence-electron chi connectivity index (χ2n) is 6.74. The first-order valence-electron chi connectivity index (χ1n) is 9.16. The van der Waals surface area contributed by atoms with E-state index in [0.717, 1.165) is 52.6 Å². The van der Waals surface area contributed by atoms with Crippen molar-refractivity contribution in [2.75, 3.05) is 13.1 Å². The van der Waals surface area contributed by atoms with Crippen LogP contribution in [0, 0.1) is 0 Å². The molecule has 0 atom stereocenters. The van der Waals surface area contributed by atoms with Crippen molar-refractivity contribution < 1.29 is 9.90 Å². The molecular weight excluding hydrogens is 358 g/mol. The molecule has 5 nitrogen and oxygen atoms in total. The topological polar surface area (TPSA) is 75.1 Å². The summed E-state index contributed by atoms with van der Waals surface area (Å²) in [6.45, 7) is 2.06. The number of rotatable bonds is 5. The molecule has 0 bridgehead atoms. The number of aliphatic carboxylic acids is 1. The summed E-state index contributed by atoms with van der Waals surface area (Å²) in [7, 11) is 0. The fourth-order valence-electron chi connectivity index (χ4n) is 3.33. The highest BCUT2D eigenvalue weighted by molar-refractivity contribution is 7.17. The van der Waals surface area contributed by atoms with E-state index < -0.39 is 5.97 Å². The zero-order chi connectivity index (χ0) is 18.6. The van der Waals surface area contributed by atoms with Gasteiger partial charge in [-0.2, -0.15) is 0 Å². The predicted octanol–water partition coefficient (Wildman–Crippen LogP) is 3.58. The molecule has 138 valence electrons. The highest BCUT2D eigenvalue weighted by atomic mass is 32.1. The van der Waals surface area contributed by atoms with Crippen LogP contribution >= 0.6 is 11.3 Å². The molecular formula is C21H21N3O2S. The average molecular weight is 379 g/mol. The molecule has 2 aromatic carbocycles. The van der Waals surface area contributed by atoms with Crippen LogP contribution in [-0.4, -0.2) is 34.4 Å². The van der Waals surface area contributed by atoms with Crippen molar-refractivity contribution in [3.05, 3.63) is 59.2 Å². The molecule has 0 radical (unpaired) electrons. The van der Waals surface area contributed by atoms with Crippen molar-refractivity contribution in [1.82, 2.24) is 15.5 Å². The van der Waals surface area contributed by atoms with Gasteiger partial charge in [-0.3, -0.25) is 4.79 Å². The van der Waals surface area contributed by atoms with Crippen molar-refractivity contribution in [1.29, 1.82) is 0 Å². The van der Waals surface area contributed by atoms with Crippen LogP contribution < -0.4 is 5.32 Å². The Morgan fingerprint density at radius 2 is 1.63 bits per heavy atom. The van der Waals surface area contributed by atoms with Crippen LogP contribution in [0.4, 0.5) is 0 Å². The van der Waals surface area contributed by atoms with Crippen molar-refractivity contribution in [3.63, 3.8) is 0 Å². The van der Waals surface area contributed by atoms with Gasteiger partial charge in [0.2, 0.25) is 0 Å². The number of carboxylic acids is 1. The van der Waals surface area contributed by atoms with Gasteiger partial charge in [-0.05, 0) is 55.1 Å². The molecule has 0 spiro atoms. The van der Waals surface area contributed by atoms with E-state index in [1.165, 1.54) is 11.1 Å². The van der Waals surface area contributed by atoms with Crippen molar-refractivity contribution in [2.45, 2.75) is 25.7 Å². The van der Waals surface area contributed by atoms with Crippen LogP contribution in [-0.2, 0) is 24.1 Å². The lowest BCUT2D eigenvalue weighted by Gasteiger charge is -2.06. The molecule has 0 saturated heterocycles. The van der Waals surface area contributed by atoms with E-state index in [2.05, 4.69) is 33.7 Å². The van der Waals surface area contributed by atoms with Crippen molar-refractivity contribution in [3.8, 4) is 21.1 Å². The minimum atomic E-state index is -0.774. The van der Waals surface area contributed by atoms with E-state index in [0.29, 0.717) is 6.42 Å². The minimum Gasteiger partial charge on any atom is -0.481 e. The summed E-state index contributed by atoms with van der Waals surface area (Å²) in [5, 5.41) is 22.8. The zero-order valence-electron chi connectivity index (χ0n) is 14.9. The first kappa shape index (κ1) is 17.8. The molecule has 2 heterocycles. The third-order valence-electron chi connectivity index (χ3n) is 4.85. The van der Waals surface area contributed by atoms with Crippen molar-refractivity contribution in [2.24, 2.45) is 0 Å². The molecule has 0 unspecified atom stereocenters. The quantitative estimate of drug-likeness (QED) is 0.709. The van der Waals surface area contributed by atoms with Gasteiger partial charge < -0.3 is 10.4 Å². The first-order valence-corrected chi connectivity index (χ1v) is 9.98. The summed E-state index contributed by atoms with van der Waals surface area (Å²) in [6.07, 6.45) is 2.81. The minimum absolute atomic E-state index is 0.149. The second-order valence-corrected chi connectivity index (χ2v) is 7.71. The van der Waals surface area contributed by atoms with Gasteiger partial charge in [0.05, 0.1) is 0 Å². The Labute approximate surface area is 162 Å². The molecule has 1 aliphatic heterocycles. The molecule has 3 aromatic rings. The number of carbonyl (C=O) groups is 1. The molecule has 4 rings (SSSR count). The Hall–Kier alpha value is -2.57. The second kappa shape index (κ2) is 7.98. The molecule has 27 heavy (non-hydrogen) atoms. The number of hydrogen-bond donors (Lipinski definition) is 2. The Balaban J connectivity index is 1.53. The molecule has 0 saturated carbocycles. The highest BCUT2D eigenvalue weighted by Crippen LogP contribution is 2.31. The van der Waals surface area contributed by atoms with Crippen LogP contribution in [0.25, 0.3) is 21.1 Å². The summed E-state index contributed by atoms with van der Waals surface area (Å²) in [5.41, 5.74) is 5.97. The number of aryl methyl sites for hydroxylation is 1. The number of benzene rings is 2. The van der Waals surface area contributed by atoms with Crippen LogP contribution in [0.3, 0.4) is 0 Å². The lowest BCUT2D eigenvalue weighted by atomic mass is 10.0. The molecule has 0 amide bonds. The maximum absolute atomic E-state index is 10.7. The average Bonchev–Trinajstić information content (AvgIpc) is 3.06. The summed E-state index contributed by atoms with van der Waals surface area (Å²) in [5.74, 6) is -0.774. The van der Waals surface area contributed by atoms with Gasteiger partial charge >= 0.3 is 5.97 Å². The highest BCUT2D eigenvalue weighted by Gasteiger charge is 2.13. The normalized spacial score (nSPS) is 13.8. The smallest absolute Gasteiger partial charge is 0.303 e. The van der Waals surface area contributed by atoms with Gasteiger partial charge in [0.1, 0.15) is 10.0 Å². The SMILES string of the molecule is O=C(O)CCc1ccc(-c2nnc(-c3ccc4c(c3)CCNCC4)s2)cc1. The third-order valence-corrected chi connectivity index (χ3v) is 5.87. The lowest BCUT2D eigenvalue weighted by molar-refractivity contribution is -0.136. The number of carboxylic acid groups (broad SMARTS) is 1. The summed E-state index contributed by atoms with van der Waals surface area (Å²) < 4.78 is 0. The van der Waals surface area contributed by atoms with E-state index in [4.69, 9.17) is 5.11 Å². The molecule has 1 aromatic heterocycles. The molecule has 1 aliphatic rings. The molecule has 6 heteroatoms. The maximum Gasteiger partial charge on any atom is 0.303 e. The maximum atomic E-state index is 10.7. The van der Waals surface area contributed by atoms with E-state index in [-0.39, 0.29) is 6.42 Å². The number of nitrogens with zero attached hydrogens (tertiary/aromatic N) is 2. The van der Waals surface area contributed by atoms with E-state index in [1.807, 2.05) is 24.3 Å². The number of hydrogen-bond acceptors (Lipinski definition) is 5. The van der Waals surface area contributed by atoms with Crippen molar-refractivity contribution >= 4 is 17.3 Å². The van der Waals surface area contributed by atoms with Crippen LogP contribution in [0.1, 0.15) is 23.1 Å². The summed E-state index contributed by atoms with van der Waals surface area (Å²) in [6, 6.07) is 14.5. The third kappa shape index (κ3) is 4.23. The van der Waals surface area contributed by atoms with E-state index >= 15 is 0 Å². The monoisotopic (exact) mass is 379 g/mol. The van der Waals surface area contributed by atoms with Gasteiger partial charge in [0.25, 0.3) is 0 Å². The van der Waals surface area contributed by atoms with Gasteiger partial charge in [0.15, 0.2) is 0 Å². The number of nitrogens with one attached hydrogen (secondary N) is 1. The lowest BCUT2D eigenvalue weighted by Crippen LogP contribution is -2.16. The molecule has 0 fully saturated rings. The number of fused-ring (bicyclic) bond motifs is 1.